The quantitative estimate of drug-likeness (QED) is 0.262. The molecule has 0 unspecified atom stereocenters. The van der Waals surface area contributed by atoms with E-state index in [1.54, 1.807) is 40.4 Å². The number of hydrogen-bond acceptors (Lipinski definition) is 5. The summed E-state index contributed by atoms with van der Waals surface area (Å²) in [6.45, 7) is 2.41. The molecule has 34 heavy (non-hydrogen) atoms. The van der Waals surface area contributed by atoms with Crippen LogP contribution >= 0.6 is 39.5 Å². The van der Waals surface area contributed by atoms with E-state index in [4.69, 9.17) is 17.0 Å². The van der Waals surface area contributed by atoms with Crippen molar-refractivity contribution in [3.05, 3.63) is 62.3 Å². The second-order valence-electron chi connectivity index (χ2n) is 8.04. The van der Waals surface area contributed by atoms with Gasteiger partial charge in [-0.15, -0.1) is 11.3 Å². The summed E-state index contributed by atoms with van der Waals surface area (Å²) in [5.74, 6) is -0.0942. The highest BCUT2D eigenvalue weighted by Crippen LogP contribution is 2.37. The molecule has 2 heterocycles. The van der Waals surface area contributed by atoms with Crippen molar-refractivity contribution in [2.24, 2.45) is 0 Å². The zero-order chi connectivity index (χ0) is 24.1. The largest absolute Gasteiger partial charge is 0.462 e. The molecule has 0 radical (unpaired) electrons. The van der Waals surface area contributed by atoms with Crippen molar-refractivity contribution < 1.29 is 13.9 Å². The van der Waals surface area contributed by atoms with E-state index >= 15 is 0 Å². The molecule has 2 N–H and O–H groups in total. The lowest BCUT2D eigenvalue weighted by Crippen LogP contribution is -2.21. The standard InChI is InChI=1S/C24H26BrFN4O2S2/c1-2-32-23(31)20-16-10-5-3-4-6-12-19(16)34-22(20)28-24(33)27-21-17(25)14-30(29-21)13-15-9-7-8-11-18(15)26/h7-9,11,14H,2-6,10,12-13H2,1H3,(H2,27,28,29,33). The number of thiophene rings is 1. The number of anilines is 2. The average Bonchev–Trinajstić information content (AvgIpc) is 3.28. The van der Waals surface area contributed by atoms with Crippen LogP contribution in [0.4, 0.5) is 15.2 Å². The van der Waals surface area contributed by atoms with Gasteiger partial charge in [-0.3, -0.25) is 4.68 Å². The molecule has 1 aromatic carbocycles. The predicted molar refractivity (Wildman–Crippen MR) is 141 cm³/mol. The lowest BCUT2D eigenvalue weighted by molar-refractivity contribution is 0.0526. The van der Waals surface area contributed by atoms with Crippen LogP contribution in [-0.4, -0.2) is 27.5 Å². The average molecular weight is 566 g/mol. The summed E-state index contributed by atoms with van der Waals surface area (Å²) in [4.78, 5) is 14.0. The summed E-state index contributed by atoms with van der Waals surface area (Å²) < 4.78 is 21.7. The van der Waals surface area contributed by atoms with Crippen molar-refractivity contribution >= 4 is 61.4 Å². The zero-order valence-electron chi connectivity index (χ0n) is 18.8. The van der Waals surface area contributed by atoms with Crippen molar-refractivity contribution in [2.45, 2.75) is 52.0 Å². The molecule has 3 aromatic rings. The van der Waals surface area contributed by atoms with E-state index in [9.17, 15) is 9.18 Å². The number of rotatable bonds is 6. The van der Waals surface area contributed by atoms with Crippen molar-refractivity contribution in [3.63, 3.8) is 0 Å². The van der Waals surface area contributed by atoms with Crippen LogP contribution in [0.5, 0.6) is 0 Å². The van der Waals surface area contributed by atoms with Crippen molar-refractivity contribution in [1.82, 2.24) is 9.78 Å². The lowest BCUT2D eigenvalue weighted by atomic mass is 9.96. The summed E-state index contributed by atoms with van der Waals surface area (Å²) >= 11 is 10.6. The number of nitrogens with zero attached hydrogens (tertiary/aromatic N) is 2. The molecule has 1 aliphatic carbocycles. The number of aromatic nitrogens is 2. The normalized spacial score (nSPS) is 13.5. The zero-order valence-corrected chi connectivity index (χ0v) is 22.0. The summed E-state index contributed by atoms with van der Waals surface area (Å²) in [6, 6.07) is 6.61. The monoisotopic (exact) mass is 564 g/mol. The number of carbonyl (C=O) groups is 1. The highest BCUT2D eigenvalue weighted by molar-refractivity contribution is 9.10. The van der Waals surface area contributed by atoms with Gasteiger partial charge in [-0.1, -0.05) is 31.0 Å². The third kappa shape index (κ3) is 5.84. The Balaban J connectivity index is 1.52. The fourth-order valence-electron chi connectivity index (χ4n) is 4.03. The van der Waals surface area contributed by atoms with E-state index in [0.29, 0.717) is 38.1 Å². The Kier molecular flexibility index (Phi) is 8.33. The van der Waals surface area contributed by atoms with Crippen LogP contribution in [0.15, 0.2) is 34.9 Å². The van der Waals surface area contributed by atoms with E-state index in [-0.39, 0.29) is 18.3 Å². The minimum Gasteiger partial charge on any atom is -0.462 e. The molecule has 180 valence electrons. The molecule has 0 atom stereocenters. The molecule has 10 heteroatoms. The Hall–Kier alpha value is -2.30. The van der Waals surface area contributed by atoms with Crippen molar-refractivity contribution in [1.29, 1.82) is 0 Å². The van der Waals surface area contributed by atoms with Gasteiger partial charge in [0.2, 0.25) is 0 Å². The van der Waals surface area contributed by atoms with Crippen LogP contribution in [0.3, 0.4) is 0 Å². The second-order valence-corrected chi connectivity index (χ2v) is 10.4. The Bertz CT molecular complexity index is 1190. The molecule has 2 aromatic heterocycles. The van der Waals surface area contributed by atoms with Crippen molar-refractivity contribution in [2.75, 3.05) is 17.2 Å². The summed E-state index contributed by atoms with van der Waals surface area (Å²) in [5, 5.41) is 11.8. The van der Waals surface area contributed by atoms with E-state index in [0.717, 1.165) is 31.2 Å². The number of aryl methyl sites for hydroxylation is 1. The Labute approximate surface area is 216 Å². The molecular formula is C24H26BrFN4O2S2. The maximum absolute atomic E-state index is 14.0. The number of esters is 1. The molecule has 0 bridgehead atoms. The van der Waals surface area contributed by atoms with E-state index < -0.39 is 0 Å². The topological polar surface area (TPSA) is 68.2 Å². The number of ether oxygens (including phenoxy) is 1. The van der Waals surface area contributed by atoms with Gasteiger partial charge < -0.3 is 15.4 Å². The first-order valence-electron chi connectivity index (χ1n) is 11.3. The summed E-state index contributed by atoms with van der Waals surface area (Å²) in [7, 11) is 0. The van der Waals surface area contributed by atoms with Gasteiger partial charge in [-0.2, -0.15) is 5.10 Å². The first-order valence-corrected chi connectivity index (χ1v) is 13.3. The SMILES string of the molecule is CCOC(=O)c1c(NC(=S)Nc2nn(Cc3ccccc3F)cc2Br)sc2c1CCCCCC2. The number of hydrogen-bond donors (Lipinski definition) is 2. The summed E-state index contributed by atoms with van der Waals surface area (Å²) in [5.41, 5.74) is 2.22. The first-order chi connectivity index (χ1) is 16.5. The van der Waals surface area contributed by atoms with Crippen LogP contribution < -0.4 is 10.6 Å². The molecule has 0 aliphatic heterocycles. The second kappa shape index (κ2) is 11.4. The summed E-state index contributed by atoms with van der Waals surface area (Å²) in [6.07, 6.45) is 8.14. The van der Waals surface area contributed by atoms with Crippen LogP contribution in [0.25, 0.3) is 0 Å². The fourth-order valence-corrected chi connectivity index (χ4v) is 5.99. The molecule has 0 saturated heterocycles. The number of thiocarbonyl (C=S) groups is 1. The number of halogens is 2. The number of carbonyl (C=O) groups excluding carboxylic acids is 1. The maximum Gasteiger partial charge on any atom is 0.341 e. The minimum atomic E-state index is -0.318. The van der Waals surface area contributed by atoms with Gasteiger partial charge in [0, 0.05) is 16.6 Å². The smallest absolute Gasteiger partial charge is 0.341 e. The highest BCUT2D eigenvalue weighted by Gasteiger charge is 2.26. The molecule has 0 saturated carbocycles. The van der Waals surface area contributed by atoms with Crippen molar-refractivity contribution in [3.8, 4) is 0 Å². The molecule has 0 amide bonds. The first kappa shape index (κ1) is 24.8. The van der Waals surface area contributed by atoms with E-state index in [1.807, 2.05) is 6.92 Å². The Morgan fingerprint density at radius 3 is 2.76 bits per heavy atom. The van der Waals surface area contributed by atoms with Crippen LogP contribution in [-0.2, 0) is 24.1 Å². The van der Waals surface area contributed by atoms with Gasteiger partial charge in [-0.25, -0.2) is 9.18 Å². The highest BCUT2D eigenvalue weighted by atomic mass is 79.9. The number of nitrogens with one attached hydrogen (secondary N) is 2. The van der Waals surface area contributed by atoms with Gasteiger partial charge in [0.25, 0.3) is 0 Å². The molecule has 0 spiro atoms. The van der Waals surface area contributed by atoms with Crippen LogP contribution in [0.1, 0.15) is 59.0 Å². The Morgan fingerprint density at radius 1 is 1.24 bits per heavy atom. The van der Waals surface area contributed by atoms with Gasteiger partial charge in [-0.05, 0) is 72.4 Å². The third-order valence-corrected chi connectivity index (χ3v) is 7.61. The van der Waals surface area contributed by atoms with Gasteiger partial charge in [0.1, 0.15) is 10.8 Å². The van der Waals surface area contributed by atoms with Gasteiger partial charge in [0.05, 0.1) is 23.2 Å². The fraction of sp³-hybridized carbons (Fsp3) is 0.375. The number of benzene rings is 1. The minimum absolute atomic E-state index is 0.277. The molecule has 6 nitrogen and oxygen atoms in total. The van der Waals surface area contributed by atoms with Crippen LogP contribution in [0, 0.1) is 5.82 Å². The van der Waals surface area contributed by atoms with E-state index in [1.165, 1.54) is 23.8 Å². The van der Waals surface area contributed by atoms with E-state index in [2.05, 4.69) is 31.7 Å². The number of fused-ring (bicyclic) bond motifs is 1. The van der Waals surface area contributed by atoms with Gasteiger partial charge >= 0.3 is 5.97 Å². The predicted octanol–water partition coefficient (Wildman–Crippen LogP) is 6.54. The Morgan fingerprint density at radius 2 is 2.00 bits per heavy atom. The molecule has 4 rings (SSSR count). The molecule has 0 fully saturated rings. The molecular weight excluding hydrogens is 539 g/mol. The van der Waals surface area contributed by atoms with Gasteiger partial charge in [0.15, 0.2) is 10.9 Å². The molecule has 1 aliphatic rings. The maximum atomic E-state index is 14.0. The third-order valence-electron chi connectivity index (χ3n) is 5.62. The van der Waals surface area contributed by atoms with Crippen LogP contribution in [0.2, 0.25) is 0 Å². The lowest BCUT2D eigenvalue weighted by Gasteiger charge is -2.12.